The molecular weight excluding hydrogens is 300 g/mol. The Kier molecular flexibility index (Phi) is 4.69. The fraction of sp³-hybridized carbons (Fsp3) is 0.615. The summed E-state index contributed by atoms with van der Waals surface area (Å²) in [5.41, 5.74) is 1.23. The molecule has 1 aromatic heterocycles. The van der Waals surface area contributed by atoms with Crippen molar-refractivity contribution in [3.63, 3.8) is 0 Å². The molecule has 0 N–H and O–H groups in total. The van der Waals surface area contributed by atoms with E-state index in [0.717, 1.165) is 16.8 Å². The van der Waals surface area contributed by atoms with Crippen molar-refractivity contribution in [3.05, 3.63) is 22.3 Å². The average molecular weight is 318 g/mol. The molecule has 2 nitrogen and oxygen atoms in total. The van der Waals surface area contributed by atoms with E-state index >= 15 is 0 Å². The maximum atomic E-state index is 6.10. The molecule has 17 heavy (non-hydrogen) atoms. The van der Waals surface area contributed by atoms with Crippen molar-refractivity contribution in [3.8, 4) is 0 Å². The quantitative estimate of drug-likeness (QED) is 0.762. The number of aromatic nitrogens is 1. The fourth-order valence-electron chi connectivity index (χ4n) is 2.34. The molecule has 1 aromatic rings. The van der Waals surface area contributed by atoms with Crippen LogP contribution in [0.15, 0.2) is 16.7 Å². The van der Waals surface area contributed by atoms with E-state index in [9.17, 15) is 0 Å². The van der Waals surface area contributed by atoms with Gasteiger partial charge in [-0.25, -0.2) is 4.98 Å². The maximum Gasteiger partial charge on any atom is 0.143 e. The van der Waals surface area contributed by atoms with E-state index in [1.807, 2.05) is 12.3 Å². The predicted octanol–water partition coefficient (Wildman–Crippen LogP) is 4.14. The van der Waals surface area contributed by atoms with Crippen molar-refractivity contribution in [2.45, 2.75) is 38.6 Å². The van der Waals surface area contributed by atoms with E-state index in [1.54, 1.807) is 0 Å². The van der Waals surface area contributed by atoms with Crippen molar-refractivity contribution in [1.82, 2.24) is 4.98 Å². The van der Waals surface area contributed by atoms with Gasteiger partial charge >= 0.3 is 0 Å². The summed E-state index contributed by atoms with van der Waals surface area (Å²) in [5, 5.41) is 0. The summed E-state index contributed by atoms with van der Waals surface area (Å²) >= 11 is 9.76. The van der Waals surface area contributed by atoms with Crippen LogP contribution in [-0.2, 0) is 0 Å². The van der Waals surface area contributed by atoms with Crippen LogP contribution >= 0.6 is 27.5 Å². The number of nitrogens with zero attached hydrogens (tertiary/aromatic N) is 2. The molecule has 1 atom stereocenters. The molecule has 1 aliphatic heterocycles. The normalized spacial score (nSPS) is 21.4. The lowest BCUT2D eigenvalue weighted by Crippen LogP contribution is -2.37. The molecular formula is C13H18BrClN2. The van der Waals surface area contributed by atoms with Gasteiger partial charge in [-0.2, -0.15) is 0 Å². The minimum absolute atomic E-state index is 0.421. The minimum atomic E-state index is 0.421. The average Bonchev–Trinajstić information content (AvgIpc) is 2.57. The zero-order chi connectivity index (χ0) is 12.3. The Morgan fingerprint density at radius 2 is 2.29 bits per heavy atom. The van der Waals surface area contributed by atoms with Crippen molar-refractivity contribution >= 4 is 33.3 Å². The lowest BCUT2D eigenvalue weighted by molar-refractivity contribution is 0.615. The van der Waals surface area contributed by atoms with Gasteiger partial charge in [0.1, 0.15) is 5.82 Å². The Morgan fingerprint density at radius 3 is 3.06 bits per heavy atom. The molecule has 0 radical (unpaired) electrons. The number of aryl methyl sites for hydroxylation is 1. The molecule has 1 unspecified atom stereocenters. The van der Waals surface area contributed by atoms with Crippen LogP contribution in [-0.4, -0.2) is 23.5 Å². The molecule has 1 fully saturated rings. The van der Waals surface area contributed by atoms with E-state index in [2.05, 4.69) is 32.7 Å². The van der Waals surface area contributed by atoms with Crippen LogP contribution in [0.25, 0.3) is 0 Å². The second-order valence-corrected chi connectivity index (χ2v) is 5.72. The van der Waals surface area contributed by atoms with Crippen molar-refractivity contribution < 1.29 is 0 Å². The summed E-state index contributed by atoms with van der Waals surface area (Å²) in [5.74, 6) is 1.74. The Hall–Kier alpha value is -0.280. The van der Waals surface area contributed by atoms with Gasteiger partial charge in [0, 0.05) is 24.7 Å². The van der Waals surface area contributed by atoms with Crippen molar-refractivity contribution in [2.24, 2.45) is 0 Å². The molecule has 0 aliphatic carbocycles. The number of hydrogen-bond donors (Lipinski definition) is 0. The number of rotatable bonds is 2. The van der Waals surface area contributed by atoms with E-state index in [-0.39, 0.29) is 0 Å². The number of alkyl halides is 1. The predicted molar refractivity (Wildman–Crippen MR) is 77.0 cm³/mol. The third-order valence-electron chi connectivity index (χ3n) is 3.39. The van der Waals surface area contributed by atoms with Gasteiger partial charge in [-0.3, -0.25) is 0 Å². The largest absolute Gasteiger partial charge is 0.351 e. The zero-order valence-corrected chi connectivity index (χ0v) is 12.5. The molecule has 2 heterocycles. The minimum Gasteiger partial charge on any atom is -0.351 e. The van der Waals surface area contributed by atoms with Crippen LogP contribution in [0.2, 0.25) is 0 Å². The van der Waals surface area contributed by atoms with Gasteiger partial charge in [-0.05, 0) is 47.3 Å². The first-order valence-corrected chi connectivity index (χ1v) is 7.50. The molecule has 0 amide bonds. The standard InChI is InChI=1S/C13H18BrClN2/c1-10-6-7-16-13(12(10)14)17-8-4-2-3-5-11(17)9-15/h6-7,11H,2-5,8-9H2,1H3. The third kappa shape index (κ3) is 2.94. The van der Waals surface area contributed by atoms with E-state index in [0.29, 0.717) is 11.9 Å². The van der Waals surface area contributed by atoms with E-state index < -0.39 is 0 Å². The van der Waals surface area contributed by atoms with E-state index in [4.69, 9.17) is 11.6 Å². The molecule has 0 spiro atoms. The van der Waals surface area contributed by atoms with Gasteiger partial charge in [-0.15, -0.1) is 11.6 Å². The van der Waals surface area contributed by atoms with Crippen LogP contribution < -0.4 is 4.90 Å². The maximum absolute atomic E-state index is 6.10. The highest BCUT2D eigenvalue weighted by Crippen LogP contribution is 2.31. The Morgan fingerprint density at radius 1 is 1.47 bits per heavy atom. The van der Waals surface area contributed by atoms with E-state index in [1.165, 1.54) is 31.2 Å². The molecule has 1 aliphatic rings. The van der Waals surface area contributed by atoms with Gasteiger partial charge in [0.2, 0.25) is 0 Å². The highest BCUT2D eigenvalue weighted by atomic mass is 79.9. The van der Waals surface area contributed by atoms with Gasteiger partial charge in [0.15, 0.2) is 0 Å². The van der Waals surface area contributed by atoms with Crippen molar-refractivity contribution in [2.75, 3.05) is 17.3 Å². The van der Waals surface area contributed by atoms with Crippen molar-refractivity contribution in [1.29, 1.82) is 0 Å². The number of anilines is 1. The first-order chi connectivity index (χ1) is 8.24. The van der Waals surface area contributed by atoms with Gasteiger partial charge in [-0.1, -0.05) is 12.8 Å². The molecule has 0 bridgehead atoms. The molecule has 0 saturated carbocycles. The topological polar surface area (TPSA) is 16.1 Å². The lowest BCUT2D eigenvalue weighted by atomic mass is 10.1. The van der Waals surface area contributed by atoms with Crippen LogP contribution in [0.4, 0.5) is 5.82 Å². The van der Waals surface area contributed by atoms with Gasteiger partial charge in [0.05, 0.1) is 4.47 Å². The van der Waals surface area contributed by atoms with Crippen LogP contribution in [0.5, 0.6) is 0 Å². The van der Waals surface area contributed by atoms with Gasteiger partial charge in [0.25, 0.3) is 0 Å². The number of halogens is 2. The summed E-state index contributed by atoms with van der Waals surface area (Å²) < 4.78 is 1.11. The second-order valence-electron chi connectivity index (χ2n) is 4.62. The molecule has 4 heteroatoms. The molecule has 94 valence electrons. The summed E-state index contributed by atoms with van der Waals surface area (Å²) in [6, 6.07) is 2.45. The summed E-state index contributed by atoms with van der Waals surface area (Å²) in [6.45, 7) is 3.16. The zero-order valence-electron chi connectivity index (χ0n) is 10.1. The summed E-state index contributed by atoms with van der Waals surface area (Å²) in [4.78, 5) is 6.90. The Labute approximate surface area is 116 Å². The SMILES string of the molecule is Cc1ccnc(N2CCCCCC2CCl)c1Br. The van der Waals surface area contributed by atoms with Crippen LogP contribution in [0.1, 0.15) is 31.2 Å². The molecule has 0 aromatic carbocycles. The summed E-state index contributed by atoms with van der Waals surface area (Å²) in [7, 11) is 0. The van der Waals surface area contributed by atoms with Crippen LogP contribution in [0.3, 0.4) is 0 Å². The number of pyridine rings is 1. The first kappa shape index (κ1) is 13.2. The summed E-state index contributed by atoms with van der Waals surface area (Å²) in [6.07, 6.45) is 6.86. The third-order valence-corrected chi connectivity index (χ3v) is 4.73. The highest BCUT2D eigenvalue weighted by molar-refractivity contribution is 9.10. The monoisotopic (exact) mass is 316 g/mol. The second kappa shape index (κ2) is 6.05. The first-order valence-electron chi connectivity index (χ1n) is 6.17. The number of hydrogen-bond acceptors (Lipinski definition) is 2. The Bertz CT molecular complexity index is 384. The smallest absolute Gasteiger partial charge is 0.143 e. The molecule has 2 rings (SSSR count). The lowest BCUT2D eigenvalue weighted by Gasteiger charge is -2.30. The molecule has 1 saturated heterocycles. The Balaban J connectivity index is 2.31. The highest BCUT2D eigenvalue weighted by Gasteiger charge is 2.23. The van der Waals surface area contributed by atoms with Crippen LogP contribution in [0, 0.1) is 6.92 Å². The van der Waals surface area contributed by atoms with Gasteiger partial charge < -0.3 is 4.90 Å². The fourth-order valence-corrected chi connectivity index (χ4v) is 3.13.